The molecule has 0 aromatic rings. The highest BCUT2D eigenvalue weighted by Crippen LogP contribution is 2.37. The summed E-state index contributed by atoms with van der Waals surface area (Å²) in [4.78, 5) is 15.0. The minimum Gasteiger partial charge on any atom is -0.465 e. The Bertz CT molecular complexity index is 341. The van der Waals surface area contributed by atoms with Crippen molar-refractivity contribution in [1.82, 2.24) is 10.2 Å². The van der Waals surface area contributed by atoms with Crippen LogP contribution in [0.3, 0.4) is 0 Å². The smallest absolute Gasteiger partial charge is 0.326 e. The quantitative estimate of drug-likeness (QED) is 0.728. The minimum atomic E-state index is -0.426. The molecule has 0 saturated heterocycles. The van der Waals surface area contributed by atoms with E-state index in [2.05, 4.69) is 31.0 Å². The van der Waals surface area contributed by atoms with E-state index in [9.17, 15) is 4.79 Å². The highest BCUT2D eigenvalue weighted by molar-refractivity contribution is 5.81. The first-order valence-corrected chi connectivity index (χ1v) is 8.23. The zero-order chi connectivity index (χ0) is 14.8. The van der Waals surface area contributed by atoms with Gasteiger partial charge in [0.25, 0.3) is 0 Å². The van der Waals surface area contributed by atoms with Crippen molar-refractivity contribution in [1.29, 1.82) is 0 Å². The van der Waals surface area contributed by atoms with Gasteiger partial charge in [-0.2, -0.15) is 0 Å². The summed E-state index contributed by atoms with van der Waals surface area (Å²) in [5.74, 6) is -0.0331. The Morgan fingerprint density at radius 3 is 2.55 bits per heavy atom. The Hall–Kier alpha value is -0.610. The van der Waals surface area contributed by atoms with Gasteiger partial charge in [-0.15, -0.1) is 0 Å². The van der Waals surface area contributed by atoms with Gasteiger partial charge in [-0.1, -0.05) is 6.92 Å². The standard InChI is InChI=1S/C16H30N2O2/c1-5-18(12(3)4)14-9-10-16(11-14,15(19)20-6-2)17-13-7-8-13/h12-14,17H,5-11H2,1-4H3. The van der Waals surface area contributed by atoms with Crippen molar-refractivity contribution in [3.8, 4) is 0 Å². The van der Waals surface area contributed by atoms with Crippen LogP contribution in [-0.4, -0.2) is 47.7 Å². The van der Waals surface area contributed by atoms with Crippen LogP contribution in [0.4, 0.5) is 0 Å². The Balaban J connectivity index is 2.07. The molecule has 4 nitrogen and oxygen atoms in total. The maximum atomic E-state index is 12.5. The third-order valence-corrected chi connectivity index (χ3v) is 4.71. The van der Waals surface area contributed by atoms with Crippen molar-refractivity contribution < 1.29 is 9.53 Å². The van der Waals surface area contributed by atoms with E-state index in [1.807, 2.05) is 6.92 Å². The van der Waals surface area contributed by atoms with E-state index >= 15 is 0 Å². The first-order chi connectivity index (χ1) is 9.52. The molecule has 2 saturated carbocycles. The second-order valence-corrected chi connectivity index (χ2v) is 6.54. The zero-order valence-electron chi connectivity index (χ0n) is 13.4. The molecule has 20 heavy (non-hydrogen) atoms. The lowest BCUT2D eigenvalue weighted by molar-refractivity contribution is -0.151. The molecule has 2 fully saturated rings. The number of nitrogens with zero attached hydrogens (tertiary/aromatic N) is 1. The number of esters is 1. The number of carbonyl (C=O) groups excluding carboxylic acids is 1. The molecule has 1 N–H and O–H groups in total. The van der Waals surface area contributed by atoms with E-state index < -0.39 is 5.54 Å². The second-order valence-electron chi connectivity index (χ2n) is 6.54. The van der Waals surface area contributed by atoms with Crippen LogP contribution >= 0.6 is 0 Å². The molecule has 0 amide bonds. The van der Waals surface area contributed by atoms with Gasteiger partial charge in [0.05, 0.1) is 6.61 Å². The molecule has 0 radical (unpaired) electrons. The summed E-state index contributed by atoms with van der Waals surface area (Å²) in [6.45, 7) is 10.1. The summed E-state index contributed by atoms with van der Waals surface area (Å²) in [5.41, 5.74) is -0.426. The number of ether oxygens (including phenoxy) is 1. The molecule has 116 valence electrons. The van der Waals surface area contributed by atoms with Gasteiger partial charge in [0.15, 0.2) is 0 Å². The maximum absolute atomic E-state index is 12.5. The van der Waals surface area contributed by atoms with E-state index in [0.29, 0.717) is 24.7 Å². The lowest BCUT2D eigenvalue weighted by Crippen LogP contribution is -2.53. The number of hydrogen-bond donors (Lipinski definition) is 1. The van der Waals surface area contributed by atoms with Crippen molar-refractivity contribution in [2.45, 2.75) is 83.5 Å². The number of rotatable bonds is 7. The molecule has 2 rings (SSSR count). The molecule has 2 unspecified atom stereocenters. The van der Waals surface area contributed by atoms with Crippen molar-refractivity contribution in [3.63, 3.8) is 0 Å². The molecule has 4 heteroatoms. The van der Waals surface area contributed by atoms with Gasteiger partial charge in [0.1, 0.15) is 5.54 Å². The largest absolute Gasteiger partial charge is 0.465 e. The summed E-state index contributed by atoms with van der Waals surface area (Å²) in [6, 6.07) is 1.56. The van der Waals surface area contributed by atoms with E-state index in [0.717, 1.165) is 25.8 Å². The first kappa shape index (κ1) is 15.8. The van der Waals surface area contributed by atoms with Crippen LogP contribution in [0.25, 0.3) is 0 Å². The molecule has 0 aromatic heterocycles. The maximum Gasteiger partial charge on any atom is 0.326 e. The molecular formula is C16H30N2O2. The van der Waals surface area contributed by atoms with Crippen LogP contribution in [-0.2, 0) is 9.53 Å². The van der Waals surface area contributed by atoms with Gasteiger partial charge in [-0.3, -0.25) is 15.0 Å². The second kappa shape index (κ2) is 6.44. The highest BCUT2D eigenvalue weighted by Gasteiger charge is 2.50. The summed E-state index contributed by atoms with van der Waals surface area (Å²) in [7, 11) is 0. The van der Waals surface area contributed by atoms with Gasteiger partial charge in [0.2, 0.25) is 0 Å². The fraction of sp³-hybridized carbons (Fsp3) is 0.938. The third-order valence-electron chi connectivity index (χ3n) is 4.71. The normalized spacial score (nSPS) is 30.2. The van der Waals surface area contributed by atoms with Gasteiger partial charge in [0, 0.05) is 18.1 Å². The first-order valence-electron chi connectivity index (χ1n) is 8.23. The topological polar surface area (TPSA) is 41.6 Å². The monoisotopic (exact) mass is 282 g/mol. The van der Waals surface area contributed by atoms with Crippen molar-refractivity contribution in [3.05, 3.63) is 0 Å². The molecule has 0 bridgehead atoms. The van der Waals surface area contributed by atoms with Crippen LogP contribution < -0.4 is 5.32 Å². The Morgan fingerprint density at radius 2 is 2.05 bits per heavy atom. The van der Waals surface area contributed by atoms with Crippen LogP contribution in [0.2, 0.25) is 0 Å². The Morgan fingerprint density at radius 1 is 1.35 bits per heavy atom. The summed E-state index contributed by atoms with van der Waals surface area (Å²) in [6.07, 6.45) is 5.30. The summed E-state index contributed by atoms with van der Waals surface area (Å²) in [5, 5.41) is 3.60. The summed E-state index contributed by atoms with van der Waals surface area (Å²) >= 11 is 0. The summed E-state index contributed by atoms with van der Waals surface area (Å²) < 4.78 is 5.36. The van der Waals surface area contributed by atoms with Crippen molar-refractivity contribution in [2.75, 3.05) is 13.2 Å². The Labute approximate surface area is 123 Å². The molecule has 2 aliphatic rings. The van der Waals surface area contributed by atoms with E-state index in [1.165, 1.54) is 12.8 Å². The molecule has 0 spiro atoms. The van der Waals surface area contributed by atoms with Crippen LogP contribution in [0.1, 0.15) is 59.8 Å². The highest BCUT2D eigenvalue weighted by atomic mass is 16.5. The van der Waals surface area contributed by atoms with Crippen LogP contribution in [0.15, 0.2) is 0 Å². The van der Waals surface area contributed by atoms with Crippen molar-refractivity contribution in [2.24, 2.45) is 0 Å². The SMILES string of the molecule is CCOC(=O)C1(NC2CC2)CCC(N(CC)C(C)C)C1. The number of hydrogen-bond acceptors (Lipinski definition) is 4. The fourth-order valence-electron chi connectivity index (χ4n) is 3.61. The van der Waals surface area contributed by atoms with E-state index in [-0.39, 0.29) is 5.97 Å². The molecular weight excluding hydrogens is 252 g/mol. The molecule has 0 heterocycles. The van der Waals surface area contributed by atoms with E-state index in [1.54, 1.807) is 0 Å². The molecule has 2 aliphatic carbocycles. The molecule has 0 aliphatic heterocycles. The van der Waals surface area contributed by atoms with Crippen LogP contribution in [0, 0.1) is 0 Å². The predicted octanol–water partition coefficient (Wildman–Crippen LogP) is 2.32. The van der Waals surface area contributed by atoms with Crippen LogP contribution in [0.5, 0.6) is 0 Å². The van der Waals surface area contributed by atoms with Gasteiger partial charge in [-0.25, -0.2) is 0 Å². The molecule has 0 aromatic carbocycles. The third kappa shape index (κ3) is 3.34. The molecule has 2 atom stereocenters. The van der Waals surface area contributed by atoms with Gasteiger partial charge in [-0.05, 0) is 59.4 Å². The average Bonchev–Trinajstić information content (AvgIpc) is 3.10. The van der Waals surface area contributed by atoms with Gasteiger partial charge >= 0.3 is 5.97 Å². The van der Waals surface area contributed by atoms with Crippen molar-refractivity contribution >= 4 is 5.97 Å². The number of nitrogens with one attached hydrogen (secondary N) is 1. The lowest BCUT2D eigenvalue weighted by Gasteiger charge is -2.34. The number of carbonyl (C=O) groups is 1. The Kier molecular flexibility index (Phi) is 5.08. The lowest BCUT2D eigenvalue weighted by atomic mass is 9.96. The van der Waals surface area contributed by atoms with E-state index in [4.69, 9.17) is 4.74 Å². The predicted molar refractivity (Wildman–Crippen MR) is 80.7 cm³/mol. The zero-order valence-corrected chi connectivity index (χ0v) is 13.4. The van der Waals surface area contributed by atoms with Gasteiger partial charge < -0.3 is 4.74 Å². The fourth-order valence-corrected chi connectivity index (χ4v) is 3.61. The minimum absolute atomic E-state index is 0.0331. The average molecular weight is 282 g/mol.